The molecule has 2 aromatic rings. The van der Waals surface area contributed by atoms with Crippen LogP contribution in [0.1, 0.15) is 36.0 Å². The van der Waals surface area contributed by atoms with Crippen LogP contribution in [-0.4, -0.2) is 23.9 Å². The average Bonchev–Trinajstić information content (AvgIpc) is 3.18. The van der Waals surface area contributed by atoms with Crippen molar-refractivity contribution in [2.45, 2.75) is 32.1 Å². The molecule has 1 unspecified atom stereocenters. The summed E-state index contributed by atoms with van der Waals surface area (Å²) in [5, 5.41) is 11.2. The standard InChI is InChI=1S/C15H19N3O3/c1-19-10-12-6-4-11(5-7-12)9-16-15-18-17-14(21-15)13-3-2-8-20-13/h4-7,13H,2-3,8-10H2,1H3,(H,16,18). The summed E-state index contributed by atoms with van der Waals surface area (Å²) in [5.74, 6) is 0.561. The van der Waals surface area contributed by atoms with Gasteiger partial charge in [-0.1, -0.05) is 29.4 Å². The van der Waals surface area contributed by atoms with E-state index in [0.717, 1.165) is 30.6 Å². The van der Waals surface area contributed by atoms with E-state index in [-0.39, 0.29) is 6.10 Å². The van der Waals surface area contributed by atoms with Crippen molar-refractivity contribution in [3.05, 3.63) is 41.3 Å². The van der Waals surface area contributed by atoms with Crippen LogP contribution in [-0.2, 0) is 22.6 Å². The summed E-state index contributed by atoms with van der Waals surface area (Å²) in [6, 6.07) is 8.64. The van der Waals surface area contributed by atoms with Gasteiger partial charge in [-0.25, -0.2) is 0 Å². The Bertz CT molecular complexity index is 562. The first-order chi connectivity index (χ1) is 10.3. The second-order valence-corrected chi connectivity index (χ2v) is 5.05. The molecular weight excluding hydrogens is 270 g/mol. The van der Waals surface area contributed by atoms with Crippen LogP contribution in [0.15, 0.2) is 28.7 Å². The summed E-state index contributed by atoms with van der Waals surface area (Å²) in [7, 11) is 1.69. The third kappa shape index (κ3) is 3.59. The van der Waals surface area contributed by atoms with E-state index in [4.69, 9.17) is 13.9 Å². The van der Waals surface area contributed by atoms with Crippen LogP contribution >= 0.6 is 0 Å². The number of nitrogens with one attached hydrogen (secondary N) is 1. The van der Waals surface area contributed by atoms with Gasteiger partial charge < -0.3 is 19.2 Å². The van der Waals surface area contributed by atoms with Crippen LogP contribution in [0.5, 0.6) is 0 Å². The largest absolute Gasteiger partial charge is 0.405 e. The lowest BCUT2D eigenvalue weighted by Gasteiger charge is -2.04. The molecular formula is C15H19N3O3. The van der Waals surface area contributed by atoms with E-state index in [0.29, 0.717) is 25.1 Å². The molecule has 0 radical (unpaired) electrons. The maximum absolute atomic E-state index is 5.57. The van der Waals surface area contributed by atoms with Gasteiger partial charge >= 0.3 is 6.01 Å². The summed E-state index contributed by atoms with van der Waals surface area (Å²) < 4.78 is 16.2. The van der Waals surface area contributed by atoms with Crippen LogP contribution in [0.2, 0.25) is 0 Å². The fraction of sp³-hybridized carbons (Fsp3) is 0.467. The Morgan fingerprint density at radius 1 is 1.24 bits per heavy atom. The predicted molar refractivity (Wildman–Crippen MR) is 76.7 cm³/mol. The molecule has 3 rings (SSSR count). The van der Waals surface area contributed by atoms with E-state index in [2.05, 4.69) is 27.6 Å². The number of nitrogens with zero attached hydrogens (tertiary/aromatic N) is 2. The van der Waals surface area contributed by atoms with Gasteiger partial charge in [0.25, 0.3) is 0 Å². The van der Waals surface area contributed by atoms with Gasteiger partial charge in [0, 0.05) is 20.3 Å². The molecule has 21 heavy (non-hydrogen) atoms. The van der Waals surface area contributed by atoms with Crippen molar-refractivity contribution in [3.8, 4) is 0 Å². The third-order valence-electron chi connectivity index (χ3n) is 3.42. The van der Waals surface area contributed by atoms with Crippen LogP contribution in [0.4, 0.5) is 6.01 Å². The molecule has 1 saturated heterocycles. The van der Waals surface area contributed by atoms with Gasteiger partial charge in [-0.15, -0.1) is 5.10 Å². The zero-order valence-corrected chi connectivity index (χ0v) is 12.0. The van der Waals surface area contributed by atoms with Gasteiger partial charge in [-0.3, -0.25) is 0 Å². The van der Waals surface area contributed by atoms with Gasteiger partial charge in [-0.05, 0) is 24.0 Å². The summed E-state index contributed by atoms with van der Waals surface area (Å²) in [5.41, 5.74) is 2.30. The fourth-order valence-electron chi connectivity index (χ4n) is 2.31. The molecule has 2 heterocycles. The second-order valence-electron chi connectivity index (χ2n) is 5.05. The lowest BCUT2D eigenvalue weighted by molar-refractivity contribution is 0.0897. The molecule has 1 fully saturated rings. The van der Waals surface area contributed by atoms with Gasteiger partial charge in [-0.2, -0.15) is 0 Å². The van der Waals surface area contributed by atoms with E-state index in [1.54, 1.807) is 7.11 Å². The number of hydrogen-bond acceptors (Lipinski definition) is 6. The number of ether oxygens (including phenoxy) is 2. The average molecular weight is 289 g/mol. The first kappa shape index (κ1) is 14.0. The third-order valence-corrected chi connectivity index (χ3v) is 3.42. The normalized spacial score (nSPS) is 18.0. The molecule has 0 spiro atoms. The Balaban J connectivity index is 1.54. The van der Waals surface area contributed by atoms with Crippen molar-refractivity contribution >= 4 is 6.01 Å². The molecule has 1 aliphatic rings. The molecule has 1 N–H and O–H groups in total. The minimum absolute atomic E-state index is 0.0404. The summed E-state index contributed by atoms with van der Waals surface area (Å²) >= 11 is 0. The molecule has 6 nitrogen and oxygen atoms in total. The quantitative estimate of drug-likeness (QED) is 0.881. The van der Waals surface area contributed by atoms with Gasteiger partial charge in [0.1, 0.15) is 6.10 Å². The highest BCUT2D eigenvalue weighted by Gasteiger charge is 2.23. The van der Waals surface area contributed by atoms with Crippen molar-refractivity contribution in [1.29, 1.82) is 0 Å². The Morgan fingerprint density at radius 3 is 2.76 bits per heavy atom. The molecule has 6 heteroatoms. The van der Waals surface area contributed by atoms with Crippen molar-refractivity contribution in [2.75, 3.05) is 19.0 Å². The number of hydrogen-bond donors (Lipinski definition) is 1. The summed E-state index contributed by atoms with van der Waals surface area (Å²) in [6.45, 7) is 2.03. The topological polar surface area (TPSA) is 69.4 Å². The zero-order chi connectivity index (χ0) is 14.5. The molecule has 0 saturated carbocycles. The molecule has 112 valence electrons. The minimum Gasteiger partial charge on any atom is -0.405 e. The SMILES string of the molecule is COCc1ccc(CNc2nnc(C3CCCO3)o2)cc1. The molecule has 1 aromatic carbocycles. The smallest absolute Gasteiger partial charge is 0.315 e. The molecule has 0 aliphatic carbocycles. The lowest BCUT2D eigenvalue weighted by atomic mass is 10.1. The molecule has 0 bridgehead atoms. The maximum Gasteiger partial charge on any atom is 0.315 e. The highest BCUT2D eigenvalue weighted by molar-refractivity contribution is 5.26. The molecule has 1 aromatic heterocycles. The van der Waals surface area contributed by atoms with Crippen molar-refractivity contribution in [2.24, 2.45) is 0 Å². The Morgan fingerprint density at radius 2 is 2.05 bits per heavy atom. The van der Waals surface area contributed by atoms with E-state index >= 15 is 0 Å². The fourth-order valence-corrected chi connectivity index (χ4v) is 2.31. The van der Waals surface area contributed by atoms with Gasteiger partial charge in [0.15, 0.2) is 0 Å². The van der Waals surface area contributed by atoms with Gasteiger partial charge in [0.05, 0.1) is 6.61 Å². The summed E-state index contributed by atoms with van der Waals surface area (Å²) in [4.78, 5) is 0. The number of methoxy groups -OCH3 is 1. The Labute approximate surface area is 123 Å². The monoisotopic (exact) mass is 289 g/mol. The van der Waals surface area contributed by atoms with E-state index in [1.807, 2.05) is 12.1 Å². The highest BCUT2D eigenvalue weighted by atomic mass is 16.5. The van der Waals surface area contributed by atoms with Crippen molar-refractivity contribution < 1.29 is 13.9 Å². The van der Waals surface area contributed by atoms with E-state index < -0.39 is 0 Å². The van der Waals surface area contributed by atoms with Crippen molar-refractivity contribution in [3.63, 3.8) is 0 Å². The second kappa shape index (κ2) is 6.69. The predicted octanol–water partition coefficient (Wildman–Crippen LogP) is 2.68. The van der Waals surface area contributed by atoms with Crippen molar-refractivity contribution in [1.82, 2.24) is 10.2 Å². The number of aromatic nitrogens is 2. The number of rotatable bonds is 6. The highest BCUT2D eigenvalue weighted by Crippen LogP contribution is 2.28. The van der Waals surface area contributed by atoms with Crippen LogP contribution in [0.3, 0.4) is 0 Å². The maximum atomic E-state index is 5.57. The van der Waals surface area contributed by atoms with Crippen LogP contribution < -0.4 is 5.32 Å². The Hall–Kier alpha value is -1.92. The van der Waals surface area contributed by atoms with E-state index in [9.17, 15) is 0 Å². The number of anilines is 1. The lowest BCUT2D eigenvalue weighted by Crippen LogP contribution is -2.00. The molecule has 1 atom stereocenters. The minimum atomic E-state index is -0.0404. The number of benzene rings is 1. The Kier molecular flexibility index (Phi) is 4.47. The summed E-state index contributed by atoms with van der Waals surface area (Å²) in [6.07, 6.45) is 1.95. The van der Waals surface area contributed by atoms with E-state index in [1.165, 1.54) is 0 Å². The van der Waals surface area contributed by atoms with Gasteiger partial charge in [0.2, 0.25) is 5.89 Å². The van der Waals surface area contributed by atoms with Crippen LogP contribution in [0.25, 0.3) is 0 Å². The molecule has 1 aliphatic heterocycles. The molecule has 0 amide bonds. The van der Waals surface area contributed by atoms with Crippen LogP contribution in [0, 0.1) is 0 Å². The first-order valence-electron chi connectivity index (χ1n) is 7.11. The zero-order valence-electron chi connectivity index (χ0n) is 12.0. The first-order valence-corrected chi connectivity index (χ1v) is 7.11.